The highest BCUT2D eigenvalue weighted by Gasteiger charge is 2.03. The molecule has 4 heteroatoms. The lowest BCUT2D eigenvalue weighted by Gasteiger charge is -1.99. The second kappa shape index (κ2) is 5.15. The molecule has 80 valence electrons. The lowest BCUT2D eigenvalue weighted by atomic mass is 10.2. The zero-order valence-corrected chi connectivity index (χ0v) is 10.4. The fraction of sp³-hybridized carbons (Fsp3) is 0.167. The van der Waals surface area contributed by atoms with E-state index in [0.29, 0.717) is 5.69 Å². The van der Waals surface area contributed by atoms with Gasteiger partial charge in [0.25, 0.3) is 0 Å². The van der Waals surface area contributed by atoms with Crippen molar-refractivity contribution in [2.24, 2.45) is 0 Å². The summed E-state index contributed by atoms with van der Waals surface area (Å²) in [5.41, 5.74) is 1.57. The van der Waals surface area contributed by atoms with Crippen molar-refractivity contribution in [1.29, 1.82) is 5.26 Å². The van der Waals surface area contributed by atoms with Crippen LogP contribution in [0.3, 0.4) is 0 Å². The van der Waals surface area contributed by atoms with Gasteiger partial charge in [0.15, 0.2) is 5.69 Å². The molecule has 0 unspecified atom stereocenters. The minimum absolute atomic E-state index is 0.493. The maximum atomic E-state index is 8.70. The quantitative estimate of drug-likeness (QED) is 0.773. The highest BCUT2D eigenvalue weighted by atomic mass is 32.2. The topological polar surface area (TPSA) is 36.7 Å². The van der Waals surface area contributed by atoms with E-state index in [1.807, 2.05) is 17.8 Å². The molecule has 0 aliphatic heterocycles. The van der Waals surface area contributed by atoms with Crippen LogP contribution in [-0.4, -0.2) is 10.7 Å². The maximum absolute atomic E-state index is 8.70. The monoisotopic (exact) mass is 246 g/mol. The van der Waals surface area contributed by atoms with Gasteiger partial charge < -0.3 is 0 Å². The number of nitrogens with zero attached hydrogens (tertiary/aromatic N) is 2. The molecule has 0 fully saturated rings. The Morgan fingerprint density at radius 2 is 2.12 bits per heavy atom. The number of rotatable bonds is 3. The van der Waals surface area contributed by atoms with Crippen molar-refractivity contribution in [3.63, 3.8) is 0 Å². The summed E-state index contributed by atoms with van der Waals surface area (Å²) in [4.78, 5) is 5.49. The van der Waals surface area contributed by atoms with Gasteiger partial charge in [-0.05, 0) is 17.9 Å². The fourth-order valence-corrected chi connectivity index (χ4v) is 2.73. The summed E-state index contributed by atoms with van der Waals surface area (Å²) in [7, 11) is 0. The molecule has 2 aromatic rings. The Bertz CT molecular complexity index is 509. The Labute approximate surface area is 103 Å². The van der Waals surface area contributed by atoms with Gasteiger partial charge in [-0.3, -0.25) is 0 Å². The third kappa shape index (κ3) is 2.43. The number of thioether (sulfide) groups is 1. The largest absolute Gasteiger partial charge is 0.225 e. The molecule has 0 radical (unpaired) electrons. The van der Waals surface area contributed by atoms with Crippen LogP contribution >= 0.6 is 23.1 Å². The summed E-state index contributed by atoms with van der Waals surface area (Å²) in [5, 5.41) is 11.4. The Morgan fingerprint density at radius 1 is 1.38 bits per heavy atom. The van der Waals surface area contributed by atoms with Gasteiger partial charge in [-0.25, -0.2) is 4.98 Å². The van der Waals surface area contributed by atoms with Crippen LogP contribution < -0.4 is 0 Å². The average Bonchev–Trinajstić information content (AvgIpc) is 2.79. The third-order valence-corrected chi connectivity index (χ3v) is 3.82. The van der Waals surface area contributed by atoms with Gasteiger partial charge in [-0.2, -0.15) is 5.26 Å². The molecule has 0 atom stereocenters. The summed E-state index contributed by atoms with van der Waals surface area (Å²) in [6.07, 6.45) is 0. The lowest BCUT2D eigenvalue weighted by molar-refractivity contribution is 1.33. The molecule has 0 saturated carbocycles. The molecular weight excluding hydrogens is 236 g/mol. The molecule has 0 spiro atoms. The molecule has 2 nitrogen and oxygen atoms in total. The van der Waals surface area contributed by atoms with Crippen molar-refractivity contribution in [3.05, 3.63) is 35.3 Å². The van der Waals surface area contributed by atoms with Crippen molar-refractivity contribution in [1.82, 2.24) is 4.98 Å². The van der Waals surface area contributed by atoms with Crippen LogP contribution in [0.2, 0.25) is 0 Å². The first kappa shape index (κ1) is 11.2. The van der Waals surface area contributed by atoms with Gasteiger partial charge in [0.05, 0.1) is 0 Å². The minimum atomic E-state index is 0.493. The van der Waals surface area contributed by atoms with E-state index >= 15 is 0 Å². The normalized spacial score (nSPS) is 10.0. The summed E-state index contributed by atoms with van der Waals surface area (Å²) in [6, 6.07) is 10.3. The van der Waals surface area contributed by atoms with E-state index in [1.54, 1.807) is 5.38 Å². The summed E-state index contributed by atoms with van der Waals surface area (Å²) in [6.45, 7) is 2.14. The Balaban J connectivity index is 2.24. The SMILES string of the molecule is CCSc1ccc(-c2nc(C#N)cs2)cc1. The molecule has 1 heterocycles. The van der Waals surface area contributed by atoms with Crippen LogP contribution in [-0.2, 0) is 0 Å². The van der Waals surface area contributed by atoms with E-state index in [1.165, 1.54) is 16.2 Å². The first-order valence-electron chi connectivity index (χ1n) is 4.92. The Morgan fingerprint density at radius 3 is 2.69 bits per heavy atom. The maximum Gasteiger partial charge on any atom is 0.152 e. The Kier molecular flexibility index (Phi) is 3.60. The van der Waals surface area contributed by atoms with Crippen LogP contribution in [0.15, 0.2) is 34.5 Å². The predicted octanol–water partition coefficient (Wildman–Crippen LogP) is 3.79. The van der Waals surface area contributed by atoms with Gasteiger partial charge >= 0.3 is 0 Å². The summed E-state index contributed by atoms with van der Waals surface area (Å²) >= 11 is 3.33. The minimum Gasteiger partial charge on any atom is -0.225 e. The molecule has 1 aromatic heterocycles. The van der Waals surface area contributed by atoms with E-state index in [0.717, 1.165) is 16.3 Å². The first-order valence-corrected chi connectivity index (χ1v) is 6.79. The van der Waals surface area contributed by atoms with Gasteiger partial charge in [-0.1, -0.05) is 19.1 Å². The smallest absolute Gasteiger partial charge is 0.152 e. The highest BCUT2D eigenvalue weighted by Crippen LogP contribution is 2.26. The zero-order valence-electron chi connectivity index (χ0n) is 8.80. The van der Waals surface area contributed by atoms with Gasteiger partial charge in [0.2, 0.25) is 0 Å². The molecule has 0 saturated heterocycles. The van der Waals surface area contributed by atoms with Gasteiger partial charge in [0.1, 0.15) is 11.1 Å². The first-order chi connectivity index (χ1) is 7.83. The summed E-state index contributed by atoms with van der Waals surface area (Å²) < 4.78 is 0. The van der Waals surface area contributed by atoms with Crippen LogP contribution in [0.4, 0.5) is 0 Å². The van der Waals surface area contributed by atoms with E-state index in [2.05, 4.69) is 36.2 Å². The molecule has 2 rings (SSSR count). The standard InChI is InChI=1S/C12H10N2S2/c1-2-15-11-5-3-9(4-6-11)12-14-10(7-13)8-16-12/h3-6,8H,2H2,1H3. The molecule has 1 aromatic carbocycles. The molecule has 0 bridgehead atoms. The van der Waals surface area contributed by atoms with Crippen molar-refractivity contribution < 1.29 is 0 Å². The van der Waals surface area contributed by atoms with E-state index < -0.39 is 0 Å². The van der Waals surface area contributed by atoms with E-state index in [-0.39, 0.29) is 0 Å². The molecule has 0 amide bonds. The lowest BCUT2D eigenvalue weighted by Crippen LogP contribution is -1.78. The second-order valence-corrected chi connectivity index (χ2v) is 5.30. The van der Waals surface area contributed by atoms with Gasteiger partial charge in [-0.15, -0.1) is 23.1 Å². The van der Waals surface area contributed by atoms with E-state index in [4.69, 9.17) is 5.26 Å². The number of benzene rings is 1. The zero-order chi connectivity index (χ0) is 11.4. The molecule has 0 aliphatic rings. The average molecular weight is 246 g/mol. The molecule has 16 heavy (non-hydrogen) atoms. The van der Waals surface area contributed by atoms with Crippen molar-refractivity contribution in [3.8, 4) is 16.6 Å². The fourth-order valence-electron chi connectivity index (χ4n) is 1.32. The number of thiazole rings is 1. The van der Waals surface area contributed by atoms with Crippen LogP contribution in [0.5, 0.6) is 0 Å². The number of nitriles is 1. The van der Waals surface area contributed by atoms with Crippen LogP contribution in [0, 0.1) is 11.3 Å². The molecule has 0 aliphatic carbocycles. The molecular formula is C12H10N2S2. The summed E-state index contributed by atoms with van der Waals surface area (Å²) in [5.74, 6) is 1.08. The number of hydrogen-bond acceptors (Lipinski definition) is 4. The van der Waals surface area contributed by atoms with Crippen molar-refractivity contribution >= 4 is 23.1 Å². The van der Waals surface area contributed by atoms with Crippen LogP contribution in [0.1, 0.15) is 12.6 Å². The van der Waals surface area contributed by atoms with Crippen LogP contribution in [0.25, 0.3) is 10.6 Å². The van der Waals surface area contributed by atoms with E-state index in [9.17, 15) is 0 Å². The van der Waals surface area contributed by atoms with Crippen molar-refractivity contribution in [2.75, 3.05) is 5.75 Å². The highest BCUT2D eigenvalue weighted by molar-refractivity contribution is 7.99. The number of hydrogen-bond donors (Lipinski definition) is 0. The predicted molar refractivity (Wildman–Crippen MR) is 68.7 cm³/mol. The Hall–Kier alpha value is -1.31. The van der Waals surface area contributed by atoms with Crippen molar-refractivity contribution in [2.45, 2.75) is 11.8 Å². The third-order valence-electron chi connectivity index (χ3n) is 2.03. The second-order valence-electron chi connectivity index (χ2n) is 3.11. The number of aromatic nitrogens is 1. The van der Waals surface area contributed by atoms with Gasteiger partial charge in [0, 0.05) is 15.8 Å². The molecule has 0 N–H and O–H groups in total.